The van der Waals surface area contributed by atoms with Gasteiger partial charge in [0.25, 0.3) is 0 Å². The van der Waals surface area contributed by atoms with E-state index in [1.54, 1.807) is 36.7 Å². The number of hydrogen-bond acceptors (Lipinski definition) is 4. The highest BCUT2D eigenvalue weighted by Crippen LogP contribution is 2.11. The van der Waals surface area contributed by atoms with Gasteiger partial charge in [-0.1, -0.05) is 24.0 Å². The van der Waals surface area contributed by atoms with Crippen LogP contribution in [0.4, 0.5) is 0 Å². The molecule has 0 aliphatic rings. The van der Waals surface area contributed by atoms with Crippen LogP contribution in [0.3, 0.4) is 0 Å². The number of nitrogens with two attached hydrogens (primary N) is 1. The second-order valence-electron chi connectivity index (χ2n) is 4.22. The summed E-state index contributed by atoms with van der Waals surface area (Å²) in [5.74, 6) is 5.51. The number of sulfonamides is 1. The standard InChI is InChI=1S/C15H15N3O2S/c16-8-2-5-13-4-1-7-15(10-13)21(19,20)18-12-14-6-3-9-17-11-14/h1,3-4,6-7,9-11,18H,8,12,16H2. The number of pyridine rings is 1. The van der Waals surface area contributed by atoms with Gasteiger partial charge in [-0.05, 0) is 29.8 Å². The highest BCUT2D eigenvalue weighted by atomic mass is 32.2. The molecule has 0 saturated heterocycles. The zero-order valence-corrected chi connectivity index (χ0v) is 12.1. The number of benzene rings is 1. The average molecular weight is 301 g/mol. The van der Waals surface area contributed by atoms with E-state index in [9.17, 15) is 8.42 Å². The Bertz CT molecular complexity index is 762. The summed E-state index contributed by atoms with van der Waals surface area (Å²) in [7, 11) is -3.58. The molecule has 21 heavy (non-hydrogen) atoms. The van der Waals surface area contributed by atoms with E-state index in [4.69, 9.17) is 5.73 Å². The van der Waals surface area contributed by atoms with E-state index < -0.39 is 10.0 Å². The number of nitrogens with zero attached hydrogens (tertiary/aromatic N) is 1. The van der Waals surface area contributed by atoms with Crippen molar-refractivity contribution >= 4 is 10.0 Å². The number of hydrogen-bond donors (Lipinski definition) is 2. The second kappa shape index (κ2) is 6.99. The fourth-order valence-corrected chi connectivity index (χ4v) is 2.72. The van der Waals surface area contributed by atoms with E-state index in [2.05, 4.69) is 21.5 Å². The van der Waals surface area contributed by atoms with Crippen LogP contribution in [-0.2, 0) is 16.6 Å². The van der Waals surface area contributed by atoms with E-state index in [1.807, 2.05) is 0 Å². The molecule has 0 amide bonds. The molecule has 108 valence electrons. The second-order valence-corrected chi connectivity index (χ2v) is 5.99. The molecule has 6 heteroatoms. The Hall–Kier alpha value is -2.20. The van der Waals surface area contributed by atoms with Crippen LogP contribution in [0.5, 0.6) is 0 Å². The quantitative estimate of drug-likeness (QED) is 0.821. The smallest absolute Gasteiger partial charge is 0.240 e. The lowest BCUT2D eigenvalue weighted by atomic mass is 10.2. The molecular formula is C15H15N3O2S. The molecule has 0 bridgehead atoms. The van der Waals surface area contributed by atoms with Crippen LogP contribution in [0.15, 0.2) is 53.7 Å². The molecule has 2 rings (SSSR count). The minimum atomic E-state index is -3.58. The molecule has 0 spiro atoms. The van der Waals surface area contributed by atoms with Crippen molar-refractivity contribution in [2.24, 2.45) is 5.73 Å². The minimum Gasteiger partial charge on any atom is -0.320 e. The highest BCUT2D eigenvalue weighted by Gasteiger charge is 2.13. The summed E-state index contributed by atoms with van der Waals surface area (Å²) in [5, 5.41) is 0. The summed E-state index contributed by atoms with van der Waals surface area (Å²) in [6.07, 6.45) is 3.25. The molecule has 0 radical (unpaired) electrons. The lowest BCUT2D eigenvalue weighted by molar-refractivity contribution is 0.581. The van der Waals surface area contributed by atoms with E-state index in [1.165, 1.54) is 12.1 Å². The Morgan fingerprint density at radius 3 is 2.81 bits per heavy atom. The van der Waals surface area contributed by atoms with Crippen molar-refractivity contribution in [3.05, 3.63) is 59.9 Å². The van der Waals surface area contributed by atoms with Crippen LogP contribution in [0.1, 0.15) is 11.1 Å². The summed E-state index contributed by atoms with van der Waals surface area (Å²) >= 11 is 0. The van der Waals surface area contributed by atoms with Crippen molar-refractivity contribution < 1.29 is 8.42 Å². The Kier molecular flexibility index (Phi) is 5.06. The molecule has 0 fully saturated rings. The van der Waals surface area contributed by atoms with Gasteiger partial charge in [0.2, 0.25) is 10.0 Å². The molecule has 0 unspecified atom stereocenters. The highest BCUT2D eigenvalue weighted by molar-refractivity contribution is 7.89. The molecule has 0 atom stereocenters. The molecule has 5 nitrogen and oxygen atoms in total. The number of nitrogens with one attached hydrogen (secondary N) is 1. The van der Waals surface area contributed by atoms with Gasteiger partial charge in [-0.3, -0.25) is 4.98 Å². The van der Waals surface area contributed by atoms with Gasteiger partial charge < -0.3 is 5.73 Å². The first-order valence-corrected chi connectivity index (χ1v) is 7.78. The monoisotopic (exact) mass is 301 g/mol. The Morgan fingerprint density at radius 2 is 2.10 bits per heavy atom. The van der Waals surface area contributed by atoms with Crippen molar-refractivity contribution in [1.29, 1.82) is 0 Å². The summed E-state index contributed by atoms with van der Waals surface area (Å²) in [6.45, 7) is 0.422. The molecule has 0 aliphatic heterocycles. The molecule has 1 aromatic carbocycles. The maximum absolute atomic E-state index is 12.2. The van der Waals surface area contributed by atoms with Gasteiger partial charge in [0, 0.05) is 24.5 Å². The first-order chi connectivity index (χ1) is 10.1. The summed E-state index contributed by atoms with van der Waals surface area (Å²) in [5.41, 5.74) is 6.71. The van der Waals surface area contributed by atoms with Crippen molar-refractivity contribution in [2.75, 3.05) is 6.54 Å². The molecule has 0 aliphatic carbocycles. The van der Waals surface area contributed by atoms with E-state index in [-0.39, 0.29) is 18.0 Å². The largest absolute Gasteiger partial charge is 0.320 e. The van der Waals surface area contributed by atoms with Gasteiger partial charge in [-0.15, -0.1) is 0 Å². The molecule has 2 aromatic rings. The summed E-state index contributed by atoms with van der Waals surface area (Å²) in [6, 6.07) is 10.0. The molecule has 0 saturated carbocycles. The number of rotatable bonds is 4. The van der Waals surface area contributed by atoms with E-state index in [0.29, 0.717) is 5.56 Å². The molecule has 3 N–H and O–H groups in total. The average Bonchev–Trinajstić information content (AvgIpc) is 2.52. The Balaban J connectivity index is 2.16. The summed E-state index contributed by atoms with van der Waals surface area (Å²) < 4.78 is 27.0. The van der Waals surface area contributed by atoms with Crippen molar-refractivity contribution in [3.8, 4) is 11.8 Å². The van der Waals surface area contributed by atoms with Gasteiger partial charge in [-0.2, -0.15) is 0 Å². The van der Waals surface area contributed by atoms with Gasteiger partial charge in [-0.25, -0.2) is 13.1 Å². The van der Waals surface area contributed by atoms with Gasteiger partial charge in [0.15, 0.2) is 0 Å². The van der Waals surface area contributed by atoms with E-state index in [0.717, 1.165) is 5.56 Å². The Labute approximate surface area is 124 Å². The van der Waals surface area contributed by atoms with Gasteiger partial charge in [0.05, 0.1) is 11.4 Å². The van der Waals surface area contributed by atoms with Crippen LogP contribution < -0.4 is 10.5 Å². The van der Waals surface area contributed by atoms with Crippen LogP contribution in [0.25, 0.3) is 0 Å². The van der Waals surface area contributed by atoms with Gasteiger partial charge in [0.1, 0.15) is 0 Å². The van der Waals surface area contributed by atoms with Gasteiger partial charge >= 0.3 is 0 Å². The van der Waals surface area contributed by atoms with Crippen LogP contribution in [0, 0.1) is 11.8 Å². The lowest BCUT2D eigenvalue weighted by Gasteiger charge is -2.07. The van der Waals surface area contributed by atoms with Crippen LogP contribution >= 0.6 is 0 Å². The van der Waals surface area contributed by atoms with Crippen molar-refractivity contribution in [1.82, 2.24) is 9.71 Å². The first-order valence-electron chi connectivity index (χ1n) is 6.29. The van der Waals surface area contributed by atoms with Crippen molar-refractivity contribution in [3.63, 3.8) is 0 Å². The third-order valence-electron chi connectivity index (χ3n) is 2.67. The SMILES string of the molecule is NCC#Cc1cccc(S(=O)(=O)NCc2cccnc2)c1. The lowest BCUT2D eigenvalue weighted by Crippen LogP contribution is -2.23. The maximum atomic E-state index is 12.2. The van der Waals surface area contributed by atoms with Crippen molar-refractivity contribution in [2.45, 2.75) is 11.4 Å². The van der Waals surface area contributed by atoms with E-state index >= 15 is 0 Å². The summed E-state index contributed by atoms with van der Waals surface area (Å²) in [4.78, 5) is 4.12. The minimum absolute atomic E-state index is 0.176. The first kappa shape index (κ1) is 15.2. The normalized spacial score (nSPS) is 10.7. The third-order valence-corrected chi connectivity index (χ3v) is 4.07. The fourth-order valence-electron chi connectivity index (χ4n) is 1.66. The fraction of sp³-hybridized carbons (Fsp3) is 0.133. The predicted octanol–water partition coefficient (Wildman–Crippen LogP) is 0.870. The molecular weight excluding hydrogens is 286 g/mol. The molecule has 1 aromatic heterocycles. The maximum Gasteiger partial charge on any atom is 0.240 e. The zero-order chi connectivity index (χ0) is 15.1. The molecule has 1 heterocycles. The topological polar surface area (TPSA) is 85.1 Å². The van der Waals surface area contributed by atoms with Crippen LogP contribution in [-0.4, -0.2) is 19.9 Å². The van der Waals surface area contributed by atoms with Crippen LogP contribution in [0.2, 0.25) is 0 Å². The number of aromatic nitrogens is 1. The third kappa shape index (κ3) is 4.39. The Morgan fingerprint density at radius 1 is 1.24 bits per heavy atom. The predicted molar refractivity (Wildman–Crippen MR) is 80.6 cm³/mol. The zero-order valence-electron chi connectivity index (χ0n) is 11.3.